The molecule has 1 N–H and O–H groups in total. The summed E-state index contributed by atoms with van der Waals surface area (Å²) in [7, 11) is -0.690. The highest BCUT2D eigenvalue weighted by Gasteiger charge is 2.22. The van der Waals surface area contributed by atoms with Gasteiger partial charge in [0.25, 0.3) is 0 Å². The van der Waals surface area contributed by atoms with E-state index in [1.54, 1.807) is 24.3 Å². The average Bonchev–Trinajstić information content (AvgIpc) is 2.90. The van der Waals surface area contributed by atoms with Crippen molar-refractivity contribution in [1.82, 2.24) is 14.3 Å². The summed E-state index contributed by atoms with van der Waals surface area (Å²) in [4.78, 5) is 11.5. The molecule has 11 heteroatoms. The van der Waals surface area contributed by atoms with E-state index >= 15 is 0 Å². The van der Waals surface area contributed by atoms with Gasteiger partial charge >= 0.3 is 0 Å². The van der Waals surface area contributed by atoms with Gasteiger partial charge in [0.2, 0.25) is 10.0 Å². The molecule has 1 fully saturated rings. The van der Waals surface area contributed by atoms with Crippen LogP contribution in [0, 0.1) is 0 Å². The molecule has 4 rings (SSSR count). The van der Waals surface area contributed by atoms with Crippen molar-refractivity contribution in [2.75, 3.05) is 57.2 Å². The van der Waals surface area contributed by atoms with Gasteiger partial charge in [-0.05, 0) is 24.6 Å². The molecule has 9 nitrogen and oxygen atoms in total. The molecule has 2 aromatic carbocycles. The van der Waals surface area contributed by atoms with Crippen LogP contribution in [0.3, 0.4) is 0 Å². The Bertz CT molecular complexity index is 1330. The van der Waals surface area contributed by atoms with Crippen LogP contribution in [0.15, 0.2) is 53.6 Å². The van der Waals surface area contributed by atoms with Crippen LogP contribution in [0.25, 0.3) is 0 Å². The molecule has 1 aromatic heterocycles. The molecule has 0 radical (unpaired) electrons. The van der Waals surface area contributed by atoms with E-state index in [0.717, 1.165) is 36.5 Å². The third-order valence-corrected chi connectivity index (χ3v) is 8.08. The van der Waals surface area contributed by atoms with Crippen LogP contribution < -0.4 is 15.0 Å². The largest absolute Gasteiger partial charge is 0.493 e. The maximum Gasteiger partial charge on any atom is 0.244 e. The number of anilines is 3. The monoisotopic (exact) mass is 545 g/mol. The van der Waals surface area contributed by atoms with Crippen molar-refractivity contribution in [1.29, 1.82) is 0 Å². The lowest BCUT2D eigenvalue weighted by atomic mass is 10.1. The standard InChI is InChI=1S/C26H32ClN5O4S/c1-4-13-36-23-17-20(32-11-14-35-15-12-32)10-9-19(23)16-25-28-18-21(27)26(30-25)29-22-7-5-6-8-24(22)37(33,34)31(2)3/h5-10,17-18H,4,11-16H2,1-3H3,(H,28,29,30). The summed E-state index contributed by atoms with van der Waals surface area (Å²) in [6.45, 7) is 5.77. The fraction of sp³-hybridized carbons (Fsp3) is 0.385. The fourth-order valence-electron chi connectivity index (χ4n) is 3.92. The molecular weight excluding hydrogens is 514 g/mol. The Labute approximate surface area is 223 Å². The summed E-state index contributed by atoms with van der Waals surface area (Å²) in [5, 5.41) is 3.37. The van der Waals surface area contributed by atoms with E-state index in [-0.39, 0.29) is 9.92 Å². The van der Waals surface area contributed by atoms with Crippen molar-refractivity contribution in [2.24, 2.45) is 0 Å². The normalized spacial score (nSPS) is 14.1. The molecule has 1 aliphatic heterocycles. The van der Waals surface area contributed by atoms with E-state index in [1.807, 2.05) is 6.07 Å². The maximum atomic E-state index is 12.8. The SMILES string of the molecule is CCCOc1cc(N2CCOCC2)ccc1Cc1ncc(Cl)c(Nc2ccccc2S(=O)(=O)N(C)C)n1. The smallest absolute Gasteiger partial charge is 0.244 e. The number of nitrogens with one attached hydrogen (secondary N) is 1. The van der Waals surface area contributed by atoms with Gasteiger partial charge in [-0.25, -0.2) is 22.7 Å². The lowest BCUT2D eigenvalue weighted by Gasteiger charge is -2.29. The van der Waals surface area contributed by atoms with Gasteiger partial charge in [-0.15, -0.1) is 0 Å². The van der Waals surface area contributed by atoms with Crippen molar-refractivity contribution in [3.8, 4) is 5.75 Å². The van der Waals surface area contributed by atoms with Gasteiger partial charge in [-0.1, -0.05) is 36.7 Å². The van der Waals surface area contributed by atoms with Gasteiger partial charge in [0, 0.05) is 50.9 Å². The lowest BCUT2D eigenvalue weighted by molar-refractivity contribution is 0.122. The van der Waals surface area contributed by atoms with Crippen LogP contribution in [0.4, 0.5) is 17.2 Å². The second-order valence-electron chi connectivity index (χ2n) is 8.81. The molecule has 2 heterocycles. The predicted octanol–water partition coefficient (Wildman–Crippen LogP) is 4.34. The summed E-state index contributed by atoms with van der Waals surface area (Å²) >= 11 is 6.40. The first kappa shape index (κ1) is 27.1. The molecular formula is C26H32ClN5O4S. The van der Waals surface area contributed by atoms with Crippen LogP contribution in [0.1, 0.15) is 24.7 Å². The van der Waals surface area contributed by atoms with Crippen molar-refractivity contribution in [2.45, 2.75) is 24.7 Å². The number of halogens is 1. The zero-order valence-electron chi connectivity index (χ0n) is 21.3. The molecule has 1 saturated heterocycles. The van der Waals surface area contributed by atoms with E-state index < -0.39 is 10.0 Å². The van der Waals surface area contributed by atoms with Crippen LogP contribution in [0.5, 0.6) is 5.75 Å². The van der Waals surface area contributed by atoms with E-state index in [9.17, 15) is 8.42 Å². The molecule has 0 aliphatic carbocycles. The minimum absolute atomic E-state index is 0.130. The van der Waals surface area contributed by atoms with Crippen molar-refractivity contribution in [3.05, 3.63) is 65.1 Å². The fourth-order valence-corrected chi connectivity index (χ4v) is 5.10. The Kier molecular flexibility index (Phi) is 8.86. The summed E-state index contributed by atoms with van der Waals surface area (Å²) in [5.74, 6) is 1.65. The van der Waals surface area contributed by atoms with Crippen LogP contribution >= 0.6 is 11.6 Å². The Balaban J connectivity index is 1.61. The third-order valence-electron chi connectivity index (χ3n) is 5.93. The highest BCUT2D eigenvalue weighted by Crippen LogP contribution is 2.31. The van der Waals surface area contributed by atoms with Gasteiger partial charge < -0.3 is 19.7 Å². The summed E-state index contributed by atoms with van der Waals surface area (Å²) in [6.07, 6.45) is 2.83. The number of para-hydroxylation sites is 1. The van der Waals surface area contributed by atoms with Crippen LogP contribution in [0.2, 0.25) is 5.02 Å². The van der Waals surface area contributed by atoms with Crippen molar-refractivity contribution in [3.63, 3.8) is 0 Å². The highest BCUT2D eigenvalue weighted by molar-refractivity contribution is 7.89. The zero-order valence-corrected chi connectivity index (χ0v) is 22.8. The Hall–Kier alpha value is -2.92. The van der Waals surface area contributed by atoms with E-state index in [1.165, 1.54) is 24.6 Å². The van der Waals surface area contributed by atoms with Gasteiger partial charge in [-0.3, -0.25) is 0 Å². The Morgan fingerprint density at radius 3 is 2.65 bits per heavy atom. The molecule has 0 atom stereocenters. The van der Waals surface area contributed by atoms with Crippen molar-refractivity contribution < 1.29 is 17.9 Å². The Morgan fingerprint density at radius 2 is 1.92 bits per heavy atom. The molecule has 0 spiro atoms. The number of hydrogen-bond acceptors (Lipinski definition) is 8. The van der Waals surface area contributed by atoms with Gasteiger partial charge in [-0.2, -0.15) is 0 Å². The Morgan fingerprint density at radius 1 is 1.16 bits per heavy atom. The van der Waals surface area contributed by atoms with E-state index in [2.05, 4.69) is 39.2 Å². The molecule has 0 unspecified atom stereocenters. The first-order valence-corrected chi connectivity index (χ1v) is 14.0. The predicted molar refractivity (Wildman–Crippen MR) is 146 cm³/mol. The minimum atomic E-state index is -3.67. The number of hydrogen-bond donors (Lipinski definition) is 1. The summed E-state index contributed by atoms with van der Waals surface area (Å²) in [5.41, 5.74) is 2.43. The molecule has 0 amide bonds. The molecule has 198 valence electrons. The quantitative estimate of drug-likeness (QED) is 0.402. The number of sulfonamides is 1. The van der Waals surface area contributed by atoms with Gasteiger partial charge in [0.15, 0.2) is 5.82 Å². The second-order valence-corrected chi connectivity index (χ2v) is 11.3. The number of morpholine rings is 1. The second kappa shape index (κ2) is 12.1. The summed E-state index contributed by atoms with van der Waals surface area (Å²) in [6, 6.07) is 12.8. The van der Waals surface area contributed by atoms with Gasteiger partial charge in [0.1, 0.15) is 21.5 Å². The van der Waals surface area contributed by atoms with Crippen LogP contribution in [-0.2, 0) is 21.2 Å². The molecule has 1 aliphatic rings. The lowest BCUT2D eigenvalue weighted by Crippen LogP contribution is -2.36. The zero-order chi connectivity index (χ0) is 26.4. The first-order chi connectivity index (χ1) is 17.8. The summed E-state index contributed by atoms with van der Waals surface area (Å²) < 4.78 is 38.3. The molecule has 0 bridgehead atoms. The molecule has 37 heavy (non-hydrogen) atoms. The maximum absolute atomic E-state index is 12.8. The molecule has 0 saturated carbocycles. The number of nitrogens with zero attached hydrogens (tertiary/aromatic N) is 4. The van der Waals surface area contributed by atoms with E-state index in [4.69, 9.17) is 21.1 Å². The van der Waals surface area contributed by atoms with Crippen LogP contribution in [-0.4, -0.2) is 69.7 Å². The van der Waals surface area contributed by atoms with Gasteiger partial charge in [0.05, 0.1) is 31.7 Å². The first-order valence-electron chi connectivity index (χ1n) is 12.2. The highest BCUT2D eigenvalue weighted by atomic mass is 35.5. The van der Waals surface area contributed by atoms with Crippen molar-refractivity contribution >= 4 is 38.8 Å². The number of rotatable bonds is 10. The number of aromatic nitrogens is 2. The molecule has 3 aromatic rings. The third kappa shape index (κ3) is 6.51. The van der Waals surface area contributed by atoms with E-state index in [0.29, 0.717) is 43.6 Å². The number of ether oxygens (including phenoxy) is 2. The topological polar surface area (TPSA) is 96.9 Å². The number of benzene rings is 2. The average molecular weight is 546 g/mol. The minimum Gasteiger partial charge on any atom is -0.493 e.